The lowest BCUT2D eigenvalue weighted by Gasteiger charge is -2.34. The average molecular weight is 376 g/mol. The summed E-state index contributed by atoms with van der Waals surface area (Å²) in [6.45, 7) is 8.58. The standard InChI is InChI=1S/C16H29N3O3S2/c1-3-7-19(8-4-2)24(20,21)17-14-15(16-6-5-13-23-16)18-9-11-22-12-10-18/h5-6,13,15,17H,3-4,7-12,14H2,1-2H3/t15-/m1/s1. The molecule has 24 heavy (non-hydrogen) atoms. The molecule has 0 spiro atoms. The summed E-state index contributed by atoms with van der Waals surface area (Å²) in [6.07, 6.45) is 1.64. The summed E-state index contributed by atoms with van der Waals surface area (Å²) < 4.78 is 35.1. The van der Waals surface area contributed by atoms with E-state index < -0.39 is 10.2 Å². The normalized spacial score (nSPS) is 18.1. The summed E-state index contributed by atoms with van der Waals surface area (Å²) in [4.78, 5) is 3.50. The minimum atomic E-state index is -3.44. The summed E-state index contributed by atoms with van der Waals surface area (Å²) in [6, 6.07) is 4.16. The molecule has 0 unspecified atom stereocenters. The third kappa shape index (κ3) is 5.50. The second-order valence-electron chi connectivity index (χ2n) is 5.93. The van der Waals surface area contributed by atoms with E-state index in [9.17, 15) is 8.42 Å². The van der Waals surface area contributed by atoms with Crippen LogP contribution in [0.25, 0.3) is 0 Å². The van der Waals surface area contributed by atoms with E-state index in [2.05, 4.69) is 15.7 Å². The van der Waals surface area contributed by atoms with E-state index >= 15 is 0 Å². The van der Waals surface area contributed by atoms with Crippen LogP contribution in [0.5, 0.6) is 0 Å². The second kappa shape index (κ2) is 9.84. The Morgan fingerprint density at radius 1 is 1.29 bits per heavy atom. The summed E-state index contributed by atoms with van der Waals surface area (Å²) in [5.41, 5.74) is 0. The molecule has 1 atom stereocenters. The monoisotopic (exact) mass is 375 g/mol. The van der Waals surface area contributed by atoms with Crippen LogP contribution in [0.15, 0.2) is 17.5 Å². The SMILES string of the molecule is CCCN(CCC)S(=O)(=O)NC[C@H](c1cccs1)N1CCOCC1. The molecule has 1 N–H and O–H groups in total. The molecule has 8 heteroatoms. The van der Waals surface area contributed by atoms with Crippen LogP contribution in [0.4, 0.5) is 0 Å². The number of hydrogen-bond donors (Lipinski definition) is 1. The van der Waals surface area contributed by atoms with Gasteiger partial charge in [-0.05, 0) is 24.3 Å². The minimum Gasteiger partial charge on any atom is -0.379 e. The van der Waals surface area contributed by atoms with Crippen LogP contribution in [0, 0.1) is 0 Å². The first kappa shape index (κ1) is 19.8. The van der Waals surface area contributed by atoms with Crippen LogP contribution >= 0.6 is 11.3 Å². The lowest BCUT2D eigenvalue weighted by molar-refractivity contribution is 0.0178. The zero-order valence-electron chi connectivity index (χ0n) is 14.6. The van der Waals surface area contributed by atoms with E-state index in [0.717, 1.165) is 25.9 Å². The van der Waals surface area contributed by atoms with E-state index in [-0.39, 0.29) is 6.04 Å². The maximum atomic E-state index is 12.6. The van der Waals surface area contributed by atoms with E-state index in [4.69, 9.17) is 4.74 Å². The van der Waals surface area contributed by atoms with Gasteiger partial charge in [-0.1, -0.05) is 19.9 Å². The highest BCUT2D eigenvalue weighted by Crippen LogP contribution is 2.25. The lowest BCUT2D eigenvalue weighted by Crippen LogP contribution is -2.47. The van der Waals surface area contributed by atoms with Gasteiger partial charge in [0.05, 0.1) is 19.3 Å². The van der Waals surface area contributed by atoms with Crippen LogP contribution in [-0.4, -0.2) is 63.6 Å². The first-order valence-electron chi connectivity index (χ1n) is 8.68. The Balaban J connectivity index is 2.06. The van der Waals surface area contributed by atoms with E-state index in [0.29, 0.717) is 32.8 Å². The van der Waals surface area contributed by atoms with Crippen molar-refractivity contribution in [2.45, 2.75) is 32.7 Å². The van der Waals surface area contributed by atoms with E-state index in [1.807, 2.05) is 25.3 Å². The second-order valence-corrected chi connectivity index (χ2v) is 8.67. The summed E-state index contributed by atoms with van der Waals surface area (Å²) in [5, 5.41) is 2.04. The van der Waals surface area contributed by atoms with Gasteiger partial charge in [0.15, 0.2) is 0 Å². The topological polar surface area (TPSA) is 61.9 Å². The van der Waals surface area contributed by atoms with Crippen molar-refractivity contribution in [2.75, 3.05) is 45.9 Å². The van der Waals surface area contributed by atoms with E-state index in [1.54, 1.807) is 15.6 Å². The van der Waals surface area contributed by atoms with Crippen molar-refractivity contribution in [1.29, 1.82) is 0 Å². The summed E-state index contributed by atoms with van der Waals surface area (Å²) in [5.74, 6) is 0. The van der Waals surface area contributed by atoms with Gasteiger partial charge in [0.2, 0.25) is 0 Å². The molecule has 0 aliphatic carbocycles. The van der Waals surface area contributed by atoms with Crippen molar-refractivity contribution in [3.63, 3.8) is 0 Å². The predicted molar refractivity (Wildman–Crippen MR) is 98.5 cm³/mol. The van der Waals surface area contributed by atoms with Gasteiger partial charge in [-0.15, -0.1) is 11.3 Å². The molecule has 0 saturated carbocycles. The Morgan fingerprint density at radius 2 is 1.96 bits per heavy atom. The van der Waals surface area contributed by atoms with Crippen LogP contribution in [0.1, 0.15) is 37.6 Å². The number of rotatable bonds is 10. The zero-order chi connectivity index (χ0) is 17.4. The number of thiophene rings is 1. The molecule has 6 nitrogen and oxygen atoms in total. The molecular formula is C16H29N3O3S2. The Kier molecular flexibility index (Phi) is 8.12. The quantitative estimate of drug-likeness (QED) is 0.680. The molecule has 1 aliphatic rings. The predicted octanol–water partition coefficient (Wildman–Crippen LogP) is 2.08. The van der Waals surface area contributed by atoms with Crippen LogP contribution in [0.2, 0.25) is 0 Å². The fourth-order valence-corrected chi connectivity index (χ4v) is 5.16. The number of nitrogens with zero attached hydrogens (tertiary/aromatic N) is 2. The molecule has 0 bridgehead atoms. The Morgan fingerprint density at radius 3 is 2.50 bits per heavy atom. The minimum absolute atomic E-state index is 0.0637. The third-order valence-corrected chi connectivity index (χ3v) is 6.65. The van der Waals surface area contributed by atoms with Gasteiger partial charge in [-0.3, -0.25) is 4.90 Å². The van der Waals surface area contributed by atoms with Crippen molar-refractivity contribution in [3.8, 4) is 0 Å². The highest BCUT2D eigenvalue weighted by Gasteiger charge is 2.27. The molecular weight excluding hydrogens is 346 g/mol. The van der Waals surface area contributed by atoms with Crippen molar-refractivity contribution < 1.29 is 13.2 Å². The van der Waals surface area contributed by atoms with Gasteiger partial charge in [-0.2, -0.15) is 12.7 Å². The number of hydrogen-bond acceptors (Lipinski definition) is 5. The number of nitrogens with one attached hydrogen (secondary N) is 1. The fourth-order valence-electron chi connectivity index (χ4n) is 2.91. The molecule has 1 saturated heterocycles. The first-order chi connectivity index (χ1) is 11.6. The number of ether oxygens (including phenoxy) is 1. The van der Waals surface area contributed by atoms with Crippen LogP contribution < -0.4 is 4.72 Å². The van der Waals surface area contributed by atoms with E-state index in [1.165, 1.54) is 4.88 Å². The lowest BCUT2D eigenvalue weighted by atomic mass is 10.2. The van der Waals surface area contributed by atoms with Crippen LogP contribution in [-0.2, 0) is 14.9 Å². The Hall–Kier alpha value is -0.510. The third-order valence-electron chi connectivity index (χ3n) is 4.10. The van der Waals surface area contributed by atoms with Crippen molar-refractivity contribution in [3.05, 3.63) is 22.4 Å². The summed E-state index contributed by atoms with van der Waals surface area (Å²) in [7, 11) is -3.44. The average Bonchev–Trinajstić information content (AvgIpc) is 3.10. The van der Waals surface area contributed by atoms with Gasteiger partial charge in [0.1, 0.15) is 0 Å². The highest BCUT2D eigenvalue weighted by molar-refractivity contribution is 7.87. The molecule has 2 rings (SSSR count). The Bertz CT molecular complexity index is 551. The molecule has 0 amide bonds. The zero-order valence-corrected chi connectivity index (χ0v) is 16.2. The maximum absolute atomic E-state index is 12.6. The maximum Gasteiger partial charge on any atom is 0.279 e. The molecule has 1 aromatic rings. The van der Waals surface area contributed by atoms with Crippen molar-refractivity contribution in [2.24, 2.45) is 0 Å². The van der Waals surface area contributed by atoms with Gasteiger partial charge >= 0.3 is 0 Å². The smallest absolute Gasteiger partial charge is 0.279 e. The molecule has 1 aromatic heterocycles. The molecule has 1 aliphatic heterocycles. The molecule has 0 radical (unpaired) electrons. The first-order valence-corrected chi connectivity index (χ1v) is 11.0. The Labute approximate surface area is 150 Å². The van der Waals surface area contributed by atoms with Gasteiger partial charge < -0.3 is 4.74 Å². The van der Waals surface area contributed by atoms with Crippen molar-refractivity contribution in [1.82, 2.24) is 13.9 Å². The fraction of sp³-hybridized carbons (Fsp3) is 0.750. The highest BCUT2D eigenvalue weighted by atomic mass is 32.2. The van der Waals surface area contributed by atoms with Crippen LogP contribution in [0.3, 0.4) is 0 Å². The van der Waals surface area contributed by atoms with Gasteiger partial charge in [0, 0.05) is 37.6 Å². The molecule has 0 aromatic carbocycles. The molecule has 2 heterocycles. The van der Waals surface area contributed by atoms with Crippen molar-refractivity contribution >= 4 is 21.5 Å². The largest absolute Gasteiger partial charge is 0.379 e. The molecule has 1 fully saturated rings. The summed E-state index contributed by atoms with van der Waals surface area (Å²) >= 11 is 1.67. The van der Waals surface area contributed by atoms with Gasteiger partial charge in [0.25, 0.3) is 10.2 Å². The molecule has 138 valence electrons. The van der Waals surface area contributed by atoms with Gasteiger partial charge in [-0.25, -0.2) is 4.72 Å². The number of morpholine rings is 1.